The molecule has 5 aromatic rings. The number of benzene rings is 4. The summed E-state index contributed by atoms with van der Waals surface area (Å²) in [5, 5.41) is 9.01. The Bertz CT molecular complexity index is 1790. The van der Waals surface area contributed by atoms with Gasteiger partial charge in [-0.15, -0.1) is 0 Å². The van der Waals surface area contributed by atoms with Gasteiger partial charge in [0.15, 0.2) is 11.6 Å². The lowest BCUT2D eigenvalue weighted by Gasteiger charge is -2.15. The molecule has 0 atom stereocenters. The van der Waals surface area contributed by atoms with Crippen molar-refractivity contribution in [2.75, 3.05) is 6.61 Å². The third kappa shape index (κ3) is 7.06. The van der Waals surface area contributed by atoms with E-state index >= 15 is 0 Å². The molecule has 2 N–H and O–H groups in total. The number of carbonyl (C=O) groups excluding carboxylic acids is 1. The summed E-state index contributed by atoms with van der Waals surface area (Å²) in [5.74, 6) is -2.01. The zero-order chi connectivity index (χ0) is 28.8. The Kier molecular flexibility index (Phi) is 8.25. The molecule has 4 aromatic carbocycles. The monoisotopic (exact) mass is 576 g/mol. The Hall–Kier alpha value is -4.77. The van der Waals surface area contributed by atoms with Gasteiger partial charge in [0, 0.05) is 30.9 Å². The fraction of sp³-hybridized carbons (Fsp3) is 0.133. The van der Waals surface area contributed by atoms with Crippen LogP contribution in [-0.4, -0.2) is 30.8 Å². The third-order valence-electron chi connectivity index (χ3n) is 6.37. The van der Waals surface area contributed by atoms with Crippen LogP contribution < -0.4 is 14.8 Å². The number of hydrogen-bond acceptors (Lipinski definition) is 5. The van der Waals surface area contributed by atoms with Gasteiger partial charge in [0.25, 0.3) is 10.0 Å². The normalized spacial score (nSPS) is 11.4. The fourth-order valence-corrected chi connectivity index (χ4v) is 5.21. The Morgan fingerprint density at radius 1 is 0.878 bits per heavy atom. The molecular weight excluding hydrogens is 550 g/mol. The first-order chi connectivity index (χ1) is 19.8. The Morgan fingerprint density at radius 2 is 1.68 bits per heavy atom. The summed E-state index contributed by atoms with van der Waals surface area (Å²) in [6, 6.07) is 22.7. The second kappa shape index (κ2) is 12.2. The summed E-state index contributed by atoms with van der Waals surface area (Å²) >= 11 is 0. The summed E-state index contributed by atoms with van der Waals surface area (Å²) in [6.45, 7) is 0.828. The van der Waals surface area contributed by atoms with Crippen LogP contribution in [0, 0.1) is 11.6 Å². The standard InChI is InChI=1S/C30H26F2N4O4S/c31-27-11-10-26(18-28(27)32)41(38,39)35-30(37)33-19-25-9-7-22(20-36-14-3-13-34-36)17-29(25)40-15-12-21-6-8-23-4-1-2-5-24(23)16-21/h1-11,13-14,16-18H,12,15,19-20H2,(H2,33,35,37). The van der Waals surface area contributed by atoms with Crippen molar-refractivity contribution in [3.05, 3.63) is 126 Å². The number of amides is 2. The average molecular weight is 577 g/mol. The van der Waals surface area contributed by atoms with Crippen molar-refractivity contribution < 1.29 is 26.7 Å². The van der Waals surface area contributed by atoms with Gasteiger partial charge in [-0.2, -0.15) is 5.10 Å². The SMILES string of the molecule is O=C(NCc1ccc(Cn2cccn2)cc1OCCc1ccc2ccccc2c1)NS(=O)(=O)c1ccc(F)c(F)c1. The number of nitrogens with zero attached hydrogens (tertiary/aromatic N) is 2. The molecule has 0 fully saturated rings. The largest absolute Gasteiger partial charge is 0.493 e. The minimum absolute atomic E-state index is 0.0491. The molecule has 11 heteroatoms. The van der Waals surface area contributed by atoms with Gasteiger partial charge in [0.2, 0.25) is 0 Å². The van der Waals surface area contributed by atoms with E-state index in [0.717, 1.165) is 28.0 Å². The van der Waals surface area contributed by atoms with Crippen LogP contribution in [0.15, 0.2) is 102 Å². The minimum atomic E-state index is -4.42. The van der Waals surface area contributed by atoms with Gasteiger partial charge in [0.05, 0.1) is 18.0 Å². The highest BCUT2D eigenvalue weighted by Crippen LogP contribution is 2.23. The Balaban J connectivity index is 1.27. The van der Waals surface area contributed by atoms with Crippen LogP contribution in [0.2, 0.25) is 0 Å². The van der Waals surface area contributed by atoms with Crippen LogP contribution in [-0.2, 0) is 29.5 Å². The van der Waals surface area contributed by atoms with Crippen molar-refractivity contribution in [3.63, 3.8) is 0 Å². The Morgan fingerprint density at radius 3 is 2.46 bits per heavy atom. The summed E-state index contributed by atoms with van der Waals surface area (Å²) in [4.78, 5) is 11.9. The lowest BCUT2D eigenvalue weighted by atomic mass is 10.1. The van der Waals surface area contributed by atoms with Gasteiger partial charge in [-0.3, -0.25) is 4.68 Å². The maximum Gasteiger partial charge on any atom is 0.328 e. The van der Waals surface area contributed by atoms with Crippen LogP contribution >= 0.6 is 0 Å². The highest BCUT2D eigenvalue weighted by atomic mass is 32.2. The van der Waals surface area contributed by atoms with Crippen molar-refractivity contribution >= 4 is 26.8 Å². The topological polar surface area (TPSA) is 102 Å². The molecule has 0 bridgehead atoms. The van der Waals surface area contributed by atoms with Crippen molar-refractivity contribution in [2.45, 2.75) is 24.4 Å². The molecule has 0 aliphatic heterocycles. The van der Waals surface area contributed by atoms with Crippen molar-refractivity contribution in [3.8, 4) is 5.75 Å². The highest BCUT2D eigenvalue weighted by molar-refractivity contribution is 7.90. The highest BCUT2D eigenvalue weighted by Gasteiger charge is 2.20. The van der Waals surface area contributed by atoms with E-state index in [4.69, 9.17) is 4.74 Å². The number of nitrogens with one attached hydrogen (secondary N) is 2. The summed E-state index contributed by atoms with van der Waals surface area (Å²) in [5.41, 5.74) is 2.65. The maximum atomic E-state index is 13.5. The van der Waals surface area contributed by atoms with E-state index in [1.54, 1.807) is 16.9 Å². The van der Waals surface area contributed by atoms with Gasteiger partial charge >= 0.3 is 6.03 Å². The molecule has 0 aliphatic carbocycles. The van der Waals surface area contributed by atoms with Crippen LogP contribution in [0.5, 0.6) is 5.75 Å². The van der Waals surface area contributed by atoms with Gasteiger partial charge in [-0.05, 0) is 52.2 Å². The molecule has 2 amide bonds. The van der Waals surface area contributed by atoms with E-state index in [-0.39, 0.29) is 6.54 Å². The molecule has 0 spiro atoms. The first kappa shape index (κ1) is 27.8. The third-order valence-corrected chi connectivity index (χ3v) is 7.69. The number of ether oxygens (including phenoxy) is 1. The zero-order valence-electron chi connectivity index (χ0n) is 21.8. The minimum Gasteiger partial charge on any atom is -0.493 e. The van der Waals surface area contributed by atoms with Crippen molar-refractivity contribution in [1.29, 1.82) is 0 Å². The van der Waals surface area contributed by atoms with Gasteiger partial charge in [-0.1, -0.05) is 54.6 Å². The summed E-state index contributed by atoms with van der Waals surface area (Å²) < 4.78 is 61.3. The number of carbonyl (C=O) groups is 1. The zero-order valence-corrected chi connectivity index (χ0v) is 22.6. The second-order valence-corrected chi connectivity index (χ2v) is 11.0. The quantitative estimate of drug-likeness (QED) is 0.239. The number of hydrogen-bond donors (Lipinski definition) is 2. The maximum absolute atomic E-state index is 13.5. The van der Waals surface area contributed by atoms with E-state index in [1.807, 2.05) is 41.3 Å². The lowest BCUT2D eigenvalue weighted by molar-refractivity contribution is 0.245. The van der Waals surface area contributed by atoms with Crippen molar-refractivity contribution in [1.82, 2.24) is 19.8 Å². The smallest absolute Gasteiger partial charge is 0.328 e. The van der Waals surface area contributed by atoms with E-state index < -0.39 is 32.6 Å². The van der Waals surface area contributed by atoms with Crippen LogP contribution in [0.4, 0.5) is 13.6 Å². The van der Waals surface area contributed by atoms with Gasteiger partial charge in [0.1, 0.15) is 5.75 Å². The summed E-state index contributed by atoms with van der Waals surface area (Å²) in [6.07, 6.45) is 4.17. The van der Waals surface area contributed by atoms with Gasteiger partial charge in [-0.25, -0.2) is 26.7 Å². The van der Waals surface area contributed by atoms with Crippen LogP contribution in [0.1, 0.15) is 16.7 Å². The van der Waals surface area contributed by atoms with Crippen molar-refractivity contribution in [2.24, 2.45) is 0 Å². The van der Waals surface area contributed by atoms with Crippen LogP contribution in [0.25, 0.3) is 10.8 Å². The molecule has 210 valence electrons. The number of urea groups is 1. The molecule has 0 radical (unpaired) electrons. The first-order valence-corrected chi connectivity index (χ1v) is 14.2. The molecule has 0 saturated heterocycles. The number of halogens is 2. The predicted molar refractivity (Wildman–Crippen MR) is 150 cm³/mol. The number of aromatic nitrogens is 2. The predicted octanol–water partition coefficient (Wildman–Crippen LogP) is 5.17. The number of rotatable bonds is 10. The number of sulfonamides is 1. The average Bonchev–Trinajstić information content (AvgIpc) is 3.47. The second-order valence-electron chi connectivity index (χ2n) is 9.29. The molecule has 1 heterocycles. The molecule has 8 nitrogen and oxygen atoms in total. The van der Waals surface area contributed by atoms with Crippen LogP contribution in [0.3, 0.4) is 0 Å². The van der Waals surface area contributed by atoms with E-state index in [1.165, 1.54) is 0 Å². The van der Waals surface area contributed by atoms with E-state index in [9.17, 15) is 22.0 Å². The molecule has 5 rings (SSSR count). The molecule has 1 aromatic heterocycles. The lowest BCUT2D eigenvalue weighted by Crippen LogP contribution is -2.39. The first-order valence-electron chi connectivity index (χ1n) is 12.7. The van der Waals surface area contributed by atoms with Gasteiger partial charge < -0.3 is 10.1 Å². The van der Waals surface area contributed by atoms with E-state index in [0.29, 0.717) is 43.0 Å². The molecule has 41 heavy (non-hydrogen) atoms. The molecule has 0 saturated carbocycles. The molecule has 0 aliphatic rings. The van der Waals surface area contributed by atoms with E-state index in [2.05, 4.69) is 40.7 Å². The Labute approximate surface area is 235 Å². The summed E-state index contributed by atoms with van der Waals surface area (Å²) in [7, 11) is -4.42. The molecular formula is C30H26F2N4O4S. The molecule has 0 unspecified atom stereocenters. The fourth-order valence-electron chi connectivity index (χ4n) is 4.27. The number of fused-ring (bicyclic) bond motifs is 1.